The first-order valence-electron chi connectivity index (χ1n) is 5.48. The molecule has 0 saturated heterocycles. The van der Waals surface area contributed by atoms with Crippen LogP contribution in [0.4, 0.5) is 4.39 Å². The van der Waals surface area contributed by atoms with Gasteiger partial charge in [-0.25, -0.2) is 9.18 Å². The molecule has 1 unspecified atom stereocenters. The normalized spacial score (nSPS) is 16.1. The van der Waals surface area contributed by atoms with Crippen LogP contribution in [0, 0.1) is 11.7 Å². The van der Waals surface area contributed by atoms with Crippen molar-refractivity contribution in [1.29, 1.82) is 0 Å². The number of carbonyl (C=O) groups is 2. The molecule has 6 heteroatoms. The molecule has 1 aromatic carbocycles. The molecule has 96 valence electrons. The number of nitrogens with one attached hydrogen (secondary N) is 1. The molecule has 2 N–H and O–H groups in total. The van der Waals surface area contributed by atoms with Gasteiger partial charge in [-0.15, -0.1) is 0 Å². The van der Waals surface area contributed by atoms with E-state index in [4.69, 9.17) is 5.11 Å². The van der Waals surface area contributed by atoms with E-state index >= 15 is 0 Å². The number of halogens is 2. The van der Waals surface area contributed by atoms with Crippen LogP contribution in [0.1, 0.15) is 23.2 Å². The summed E-state index contributed by atoms with van der Waals surface area (Å²) in [4.78, 5) is 22.8. The van der Waals surface area contributed by atoms with Crippen molar-refractivity contribution in [2.75, 3.05) is 0 Å². The summed E-state index contributed by atoms with van der Waals surface area (Å²) in [5.74, 6) is -2.51. The summed E-state index contributed by atoms with van der Waals surface area (Å²) in [6.45, 7) is 0. The minimum atomic E-state index is -1.08. The van der Waals surface area contributed by atoms with Gasteiger partial charge in [0.15, 0.2) is 0 Å². The largest absolute Gasteiger partial charge is 0.480 e. The Labute approximate surface area is 111 Å². The van der Waals surface area contributed by atoms with Crippen molar-refractivity contribution in [3.63, 3.8) is 0 Å². The highest BCUT2D eigenvalue weighted by Gasteiger charge is 2.37. The summed E-state index contributed by atoms with van der Waals surface area (Å²) in [6, 6.07) is 3.38. The highest BCUT2D eigenvalue weighted by Crippen LogP contribution is 2.33. The van der Waals surface area contributed by atoms with Crippen LogP contribution >= 0.6 is 15.9 Å². The molecule has 0 radical (unpaired) electrons. The molecule has 0 aliphatic heterocycles. The van der Waals surface area contributed by atoms with Crippen molar-refractivity contribution in [1.82, 2.24) is 5.32 Å². The number of amides is 1. The van der Waals surface area contributed by atoms with Crippen LogP contribution in [0.3, 0.4) is 0 Å². The van der Waals surface area contributed by atoms with Gasteiger partial charge in [-0.1, -0.05) is 6.07 Å². The van der Waals surface area contributed by atoms with E-state index in [9.17, 15) is 14.0 Å². The zero-order valence-electron chi connectivity index (χ0n) is 9.32. The van der Waals surface area contributed by atoms with Gasteiger partial charge < -0.3 is 10.4 Å². The summed E-state index contributed by atoms with van der Waals surface area (Å²) < 4.78 is 13.8. The fraction of sp³-hybridized carbons (Fsp3) is 0.333. The lowest BCUT2D eigenvalue weighted by Crippen LogP contribution is -2.42. The first-order valence-corrected chi connectivity index (χ1v) is 6.27. The Kier molecular flexibility index (Phi) is 3.65. The van der Waals surface area contributed by atoms with Crippen LogP contribution in [0.2, 0.25) is 0 Å². The number of rotatable bonds is 4. The number of aliphatic carboxylic acids is 1. The molecule has 2 rings (SSSR count). The van der Waals surface area contributed by atoms with E-state index < -0.39 is 23.7 Å². The molecular formula is C12H11BrFNO3. The lowest BCUT2D eigenvalue weighted by Gasteiger charge is -2.14. The van der Waals surface area contributed by atoms with E-state index in [-0.39, 0.29) is 16.0 Å². The lowest BCUT2D eigenvalue weighted by molar-refractivity contribution is -0.139. The SMILES string of the molecule is O=C(NC(C(=O)O)C1CC1)c1cccc(Br)c1F. The Hall–Kier alpha value is -1.43. The smallest absolute Gasteiger partial charge is 0.326 e. The molecule has 18 heavy (non-hydrogen) atoms. The molecule has 1 aliphatic rings. The standard InChI is InChI=1S/C12H11BrFNO3/c13-8-3-1-2-7(9(8)14)11(16)15-10(12(17)18)6-4-5-6/h1-3,6,10H,4-5H2,(H,15,16)(H,17,18). The van der Waals surface area contributed by atoms with Gasteiger partial charge in [0.1, 0.15) is 11.9 Å². The van der Waals surface area contributed by atoms with Gasteiger partial charge in [0, 0.05) is 0 Å². The van der Waals surface area contributed by atoms with Gasteiger partial charge in [-0.2, -0.15) is 0 Å². The van der Waals surface area contributed by atoms with E-state index in [0.717, 1.165) is 12.8 Å². The van der Waals surface area contributed by atoms with Gasteiger partial charge >= 0.3 is 5.97 Å². The van der Waals surface area contributed by atoms with Gasteiger partial charge in [-0.3, -0.25) is 4.79 Å². The molecule has 1 saturated carbocycles. The van der Waals surface area contributed by atoms with E-state index in [0.29, 0.717) is 0 Å². The Balaban J connectivity index is 2.16. The Morgan fingerprint density at radius 2 is 2.11 bits per heavy atom. The fourth-order valence-electron chi connectivity index (χ4n) is 1.71. The summed E-state index contributed by atoms with van der Waals surface area (Å²) >= 11 is 2.98. The molecule has 0 heterocycles. The molecule has 0 spiro atoms. The molecule has 1 atom stereocenters. The minimum Gasteiger partial charge on any atom is -0.480 e. The number of hydrogen-bond donors (Lipinski definition) is 2. The van der Waals surface area contributed by atoms with Crippen LogP contribution in [0.25, 0.3) is 0 Å². The first kappa shape index (κ1) is 13.0. The van der Waals surface area contributed by atoms with Crippen molar-refractivity contribution in [2.45, 2.75) is 18.9 Å². The third kappa shape index (κ3) is 2.69. The second-order valence-corrected chi connectivity index (χ2v) is 5.08. The lowest BCUT2D eigenvalue weighted by atomic mass is 10.1. The maximum atomic E-state index is 13.7. The monoisotopic (exact) mass is 315 g/mol. The highest BCUT2D eigenvalue weighted by molar-refractivity contribution is 9.10. The predicted octanol–water partition coefficient (Wildman–Crippen LogP) is 2.18. The number of hydrogen-bond acceptors (Lipinski definition) is 2. The zero-order valence-corrected chi connectivity index (χ0v) is 10.9. The van der Waals surface area contributed by atoms with Crippen molar-refractivity contribution in [3.8, 4) is 0 Å². The molecular weight excluding hydrogens is 305 g/mol. The maximum Gasteiger partial charge on any atom is 0.326 e. The minimum absolute atomic E-state index is 0.0401. The van der Waals surface area contributed by atoms with E-state index in [1.165, 1.54) is 18.2 Å². The van der Waals surface area contributed by atoms with Gasteiger partial charge in [0.05, 0.1) is 10.0 Å². The zero-order chi connectivity index (χ0) is 13.3. The molecule has 1 aliphatic carbocycles. The number of carboxylic acid groups (broad SMARTS) is 1. The number of carbonyl (C=O) groups excluding carboxylic acids is 1. The van der Waals surface area contributed by atoms with Gasteiger partial charge in [0.25, 0.3) is 5.91 Å². The van der Waals surface area contributed by atoms with Crippen molar-refractivity contribution in [2.24, 2.45) is 5.92 Å². The number of carboxylic acids is 1. The molecule has 0 bridgehead atoms. The summed E-state index contributed by atoms with van der Waals surface area (Å²) in [6.07, 6.45) is 1.55. The Morgan fingerprint density at radius 1 is 1.44 bits per heavy atom. The summed E-state index contributed by atoms with van der Waals surface area (Å²) in [7, 11) is 0. The second kappa shape index (κ2) is 5.06. The van der Waals surface area contributed by atoms with E-state index in [2.05, 4.69) is 21.2 Å². The van der Waals surface area contributed by atoms with E-state index in [1.807, 2.05) is 0 Å². The first-order chi connectivity index (χ1) is 8.50. The second-order valence-electron chi connectivity index (χ2n) is 4.23. The highest BCUT2D eigenvalue weighted by atomic mass is 79.9. The quantitative estimate of drug-likeness (QED) is 0.895. The molecule has 1 amide bonds. The summed E-state index contributed by atoms with van der Waals surface area (Å²) in [5.41, 5.74) is -0.156. The predicted molar refractivity (Wildman–Crippen MR) is 65.7 cm³/mol. The molecule has 4 nitrogen and oxygen atoms in total. The van der Waals surface area contributed by atoms with Crippen LogP contribution in [-0.4, -0.2) is 23.0 Å². The average molecular weight is 316 g/mol. The third-order valence-electron chi connectivity index (χ3n) is 2.84. The van der Waals surface area contributed by atoms with Crippen molar-refractivity contribution < 1.29 is 19.1 Å². The van der Waals surface area contributed by atoms with Gasteiger partial charge in [-0.05, 0) is 46.8 Å². The molecule has 0 aromatic heterocycles. The molecule has 1 fully saturated rings. The molecule has 1 aromatic rings. The van der Waals surface area contributed by atoms with Crippen LogP contribution in [0.15, 0.2) is 22.7 Å². The number of benzene rings is 1. The average Bonchev–Trinajstić information content (AvgIpc) is 3.13. The Bertz CT molecular complexity index is 502. The van der Waals surface area contributed by atoms with Crippen molar-refractivity contribution >= 4 is 27.8 Å². The van der Waals surface area contributed by atoms with Gasteiger partial charge in [0.2, 0.25) is 0 Å². The Morgan fingerprint density at radius 3 is 2.67 bits per heavy atom. The van der Waals surface area contributed by atoms with Crippen LogP contribution in [-0.2, 0) is 4.79 Å². The van der Waals surface area contributed by atoms with E-state index in [1.54, 1.807) is 0 Å². The van der Waals surface area contributed by atoms with Crippen LogP contribution in [0.5, 0.6) is 0 Å². The third-order valence-corrected chi connectivity index (χ3v) is 3.45. The fourth-order valence-corrected chi connectivity index (χ4v) is 2.08. The topological polar surface area (TPSA) is 66.4 Å². The maximum absolute atomic E-state index is 13.7. The van der Waals surface area contributed by atoms with Crippen molar-refractivity contribution in [3.05, 3.63) is 34.1 Å². The van der Waals surface area contributed by atoms with Crippen LogP contribution < -0.4 is 5.32 Å². The summed E-state index contributed by atoms with van der Waals surface area (Å²) in [5, 5.41) is 11.3.